The van der Waals surface area contributed by atoms with Crippen LogP contribution < -0.4 is 0 Å². The Morgan fingerprint density at radius 1 is 1.31 bits per heavy atom. The van der Waals surface area contributed by atoms with Crippen LogP contribution in [-0.4, -0.2) is 14.7 Å². The van der Waals surface area contributed by atoms with Crippen molar-refractivity contribution in [3.8, 4) is 0 Å². The Morgan fingerprint density at radius 3 is 2.75 bits per heavy atom. The fraction of sp³-hybridized carbons (Fsp3) is 0.200. The molecule has 0 aliphatic heterocycles. The Morgan fingerprint density at radius 2 is 2.12 bits per heavy atom. The first-order valence-corrected chi connectivity index (χ1v) is 5.39. The molecule has 84 valence electrons. The molecule has 0 saturated heterocycles. The highest BCUT2D eigenvalue weighted by molar-refractivity contribution is 7.03. The quantitative estimate of drug-likeness (QED) is 0.896. The zero-order valence-electron chi connectivity index (χ0n) is 8.10. The Hall–Kier alpha value is -1.40. The van der Waals surface area contributed by atoms with Gasteiger partial charge >= 0.3 is 0 Å². The predicted octanol–water partition coefficient (Wildman–Crippen LogP) is 2.09. The summed E-state index contributed by atoms with van der Waals surface area (Å²) in [5.41, 5.74) is 0.953. The van der Waals surface area contributed by atoms with Crippen molar-refractivity contribution in [1.29, 1.82) is 0 Å². The van der Waals surface area contributed by atoms with Gasteiger partial charge in [0.25, 0.3) is 0 Å². The minimum atomic E-state index is -0.916. The lowest BCUT2D eigenvalue weighted by atomic mass is 10.1. The maximum absolute atomic E-state index is 12.9. The van der Waals surface area contributed by atoms with Gasteiger partial charge in [0.2, 0.25) is 0 Å². The summed E-state index contributed by atoms with van der Waals surface area (Å²) in [6.07, 6.45) is -0.661. The molecule has 16 heavy (non-hydrogen) atoms. The Kier molecular flexibility index (Phi) is 3.21. The van der Waals surface area contributed by atoms with Gasteiger partial charge in [-0.05, 0) is 29.2 Å². The normalized spacial score (nSPS) is 12.7. The molecular formula is C10H8F2N2OS. The van der Waals surface area contributed by atoms with Crippen molar-refractivity contribution in [2.45, 2.75) is 12.5 Å². The third kappa shape index (κ3) is 2.40. The standard InChI is InChI=1S/C10H8F2N2OS/c11-7-2-1-6(3-8(7)12)4-10(15)9-5-16-14-13-9/h1-3,5,10,15H,4H2. The number of aromatic nitrogens is 2. The lowest BCUT2D eigenvalue weighted by molar-refractivity contribution is 0.173. The van der Waals surface area contributed by atoms with Crippen LogP contribution in [0.15, 0.2) is 23.6 Å². The molecule has 0 saturated carbocycles. The van der Waals surface area contributed by atoms with Gasteiger partial charge in [0.1, 0.15) is 11.8 Å². The second kappa shape index (κ2) is 4.63. The van der Waals surface area contributed by atoms with Crippen LogP contribution in [0.4, 0.5) is 8.78 Å². The highest BCUT2D eigenvalue weighted by atomic mass is 32.1. The molecule has 1 atom stereocenters. The topological polar surface area (TPSA) is 46.0 Å². The van der Waals surface area contributed by atoms with E-state index >= 15 is 0 Å². The van der Waals surface area contributed by atoms with Crippen molar-refractivity contribution in [3.05, 3.63) is 46.5 Å². The van der Waals surface area contributed by atoms with Crippen molar-refractivity contribution in [2.24, 2.45) is 0 Å². The lowest BCUT2D eigenvalue weighted by Gasteiger charge is -2.07. The predicted molar refractivity (Wildman–Crippen MR) is 54.9 cm³/mol. The summed E-state index contributed by atoms with van der Waals surface area (Å²) in [7, 11) is 0. The van der Waals surface area contributed by atoms with Crippen molar-refractivity contribution < 1.29 is 13.9 Å². The molecule has 6 heteroatoms. The van der Waals surface area contributed by atoms with Gasteiger partial charge in [-0.1, -0.05) is 10.6 Å². The van der Waals surface area contributed by atoms with Gasteiger partial charge in [0.15, 0.2) is 11.6 Å². The second-order valence-corrected chi connectivity index (χ2v) is 3.91. The van der Waals surface area contributed by atoms with Crippen LogP contribution in [0.3, 0.4) is 0 Å². The summed E-state index contributed by atoms with van der Waals surface area (Å²) in [6, 6.07) is 3.54. The first-order valence-electron chi connectivity index (χ1n) is 4.56. The van der Waals surface area contributed by atoms with Gasteiger partial charge in [-0.25, -0.2) is 8.78 Å². The number of hydrogen-bond acceptors (Lipinski definition) is 4. The van der Waals surface area contributed by atoms with Crippen LogP contribution in [0, 0.1) is 11.6 Å². The van der Waals surface area contributed by atoms with Crippen LogP contribution in [0.25, 0.3) is 0 Å². The van der Waals surface area contributed by atoms with Crippen molar-refractivity contribution in [1.82, 2.24) is 9.59 Å². The SMILES string of the molecule is OC(Cc1ccc(F)c(F)c1)c1csnn1. The number of rotatable bonds is 3. The van der Waals surface area contributed by atoms with Gasteiger partial charge < -0.3 is 5.11 Å². The molecule has 0 aliphatic carbocycles. The van der Waals surface area contributed by atoms with Gasteiger partial charge in [-0.3, -0.25) is 0 Å². The fourth-order valence-corrected chi connectivity index (χ4v) is 1.81. The zero-order valence-corrected chi connectivity index (χ0v) is 8.92. The van der Waals surface area contributed by atoms with E-state index in [9.17, 15) is 13.9 Å². The largest absolute Gasteiger partial charge is 0.386 e. The average Bonchev–Trinajstić information content (AvgIpc) is 2.77. The van der Waals surface area contributed by atoms with E-state index < -0.39 is 17.7 Å². The van der Waals surface area contributed by atoms with Crippen LogP contribution in [-0.2, 0) is 6.42 Å². The first kappa shape index (κ1) is 11.1. The highest BCUT2D eigenvalue weighted by Crippen LogP contribution is 2.18. The molecule has 2 rings (SSSR count). The van der Waals surface area contributed by atoms with Crippen LogP contribution in [0.1, 0.15) is 17.4 Å². The number of nitrogens with zero attached hydrogens (tertiary/aromatic N) is 2. The average molecular weight is 242 g/mol. The van der Waals surface area contributed by atoms with Crippen LogP contribution in [0.5, 0.6) is 0 Å². The van der Waals surface area contributed by atoms with E-state index in [4.69, 9.17) is 0 Å². The summed E-state index contributed by atoms with van der Waals surface area (Å²) < 4.78 is 29.2. The Bertz CT molecular complexity index is 476. The summed E-state index contributed by atoms with van der Waals surface area (Å²) in [6.45, 7) is 0. The van der Waals surface area contributed by atoms with E-state index in [1.807, 2.05) is 0 Å². The molecule has 2 aromatic rings. The first-order chi connectivity index (χ1) is 7.66. The van der Waals surface area contributed by atoms with Gasteiger partial charge in [-0.15, -0.1) is 5.10 Å². The van der Waals surface area contributed by atoms with E-state index in [1.165, 1.54) is 6.07 Å². The van der Waals surface area contributed by atoms with Crippen molar-refractivity contribution >= 4 is 11.5 Å². The maximum Gasteiger partial charge on any atom is 0.159 e. The number of aliphatic hydroxyl groups is 1. The van der Waals surface area contributed by atoms with E-state index in [1.54, 1.807) is 5.38 Å². The fourth-order valence-electron chi connectivity index (χ4n) is 1.31. The van der Waals surface area contributed by atoms with Crippen molar-refractivity contribution in [2.75, 3.05) is 0 Å². The van der Waals surface area contributed by atoms with E-state index in [2.05, 4.69) is 9.59 Å². The molecule has 0 radical (unpaired) electrons. The van der Waals surface area contributed by atoms with E-state index in [-0.39, 0.29) is 6.42 Å². The summed E-state index contributed by atoms with van der Waals surface area (Å²) in [5.74, 6) is -1.81. The number of aliphatic hydroxyl groups excluding tert-OH is 1. The molecule has 1 aromatic heterocycles. The minimum Gasteiger partial charge on any atom is -0.386 e. The smallest absolute Gasteiger partial charge is 0.159 e. The summed E-state index contributed by atoms with van der Waals surface area (Å²) >= 11 is 1.13. The highest BCUT2D eigenvalue weighted by Gasteiger charge is 2.12. The maximum atomic E-state index is 12.9. The summed E-state index contributed by atoms with van der Waals surface area (Å²) in [4.78, 5) is 0. The number of halogens is 2. The van der Waals surface area contributed by atoms with Crippen molar-refractivity contribution in [3.63, 3.8) is 0 Å². The number of hydrogen-bond donors (Lipinski definition) is 1. The van der Waals surface area contributed by atoms with E-state index in [0.717, 1.165) is 23.7 Å². The molecule has 3 nitrogen and oxygen atoms in total. The molecule has 1 aromatic carbocycles. The monoisotopic (exact) mass is 242 g/mol. The van der Waals surface area contributed by atoms with E-state index in [0.29, 0.717) is 11.3 Å². The second-order valence-electron chi connectivity index (χ2n) is 3.30. The minimum absolute atomic E-state index is 0.183. The molecule has 0 fully saturated rings. The summed E-state index contributed by atoms with van der Waals surface area (Å²) in [5, 5.41) is 15.0. The molecule has 1 unspecified atom stereocenters. The van der Waals surface area contributed by atoms with Gasteiger partial charge in [0, 0.05) is 11.8 Å². The molecule has 0 spiro atoms. The Balaban J connectivity index is 2.12. The zero-order chi connectivity index (χ0) is 11.5. The van der Waals surface area contributed by atoms with Crippen LogP contribution >= 0.6 is 11.5 Å². The third-order valence-electron chi connectivity index (χ3n) is 2.13. The van der Waals surface area contributed by atoms with Crippen LogP contribution in [0.2, 0.25) is 0 Å². The third-order valence-corrected chi connectivity index (χ3v) is 2.65. The van der Waals surface area contributed by atoms with Gasteiger partial charge in [-0.2, -0.15) is 0 Å². The molecule has 0 aliphatic rings. The molecule has 0 amide bonds. The van der Waals surface area contributed by atoms with Gasteiger partial charge in [0.05, 0.1) is 0 Å². The Labute approximate surface area is 94.5 Å². The molecule has 1 heterocycles. The number of benzene rings is 1. The molecule has 0 bridgehead atoms. The lowest BCUT2D eigenvalue weighted by Crippen LogP contribution is -2.03. The molecule has 1 N–H and O–H groups in total. The molecular weight excluding hydrogens is 234 g/mol.